The molecular weight excluding hydrogens is 306 g/mol. The van der Waals surface area contributed by atoms with Crippen molar-refractivity contribution in [2.24, 2.45) is 0 Å². The minimum Gasteiger partial charge on any atom is -0.389 e. The molecule has 0 unspecified atom stereocenters. The van der Waals surface area contributed by atoms with Crippen molar-refractivity contribution in [2.45, 2.75) is 32.3 Å². The fraction of sp³-hybridized carbons (Fsp3) is 0.500. The first-order chi connectivity index (χ1) is 10.6. The first kappa shape index (κ1) is 19.0. The van der Waals surface area contributed by atoms with Gasteiger partial charge in [0, 0.05) is 32.6 Å². The van der Waals surface area contributed by atoms with Gasteiger partial charge in [0.2, 0.25) is 5.91 Å². The van der Waals surface area contributed by atoms with Crippen molar-refractivity contribution in [1.29, 1.82) is 0 Å². The molecule has 0 atom stereocenters. The van der Waals surface area contributed by atoms with E-state index >= 15 is 0 Å². The highest BCUT2D eigenvalue weighted by molar-refractivity contribution is 5.94. The highest BCUT2D eigenvalue weighted by Crippen LogP contribution is 2.09. The van der Waals surface area contributed by atoms with Gasteiger partial charge in [0.25, 0.3) is 5.91 Å². The largest absolute Gasteiger partial charge is 0.389 e. The van der Waals surface area contributed by atoms with E-state index in [1.54, 1.807) is 20.9 Å². The Balaban J connectivity index is 2.37. The Kier molecular flexibility index (Phi) is 6.62. The van der Waals surface area contributed by atoms with E-state index in [-0.39, 0.29) is 31.0 Å². The second-order valence-electron chi connectivity index (χ2n) is 6.05. The summed E-state index contributed by atoms with van der Waals surface area (Å²) in [6, 6.07) is 2.72. The molecule has 0 aliphatic rings. The van der Waals surface area contributed by atoms with E-state index in [4.69, 9.17) is 0 Å². The average Bonchev–Trinajstić information content (AvgIpc) is 2.41. The van der Waals surface area contributed by atoms with Gasteiger partial charge in [0.05, 0.1) is 11.2 Å². The molecule has 7 heteroatoms. The van der Waals surface area contributed by atoms with Crippen LogP contribution >= 0.6 is 0 Å². The van der Waals surface area contributed by atoms with E-state index < -0.39 is 23.1 Å². The molecule has 0 saturated heterocycles. The second-order valence-corrected chi connectivity index (χ2v) is 6.05. The summed E-state index contributed by atoms with van der Waals surface area (Å²) >= 11 is 0. The van der Waals surface area contributed by atoms with Crippen molar-refractivity contribution in [3.8, 4) is 0 Å². The summed E-state index contributed by atoms with van der Waals surface area (Å²) in [7, 11) is 1.59. The molecule has 5 nitrogen and oxygen atoms in total. The number of likely N-dealkylation sites (N-methyl/N-ethyl adjacent to an activating group) is 1. The predicted molar refractivity (Wildman–Crippen MR) is 81.9 cm³/mol. The number of nitrogens with one attached hydrogen (secondary N) is 1. The average molecular weight is 328 g/mol. The molecule has 0 saturated carbocycles. The zero-order valence-corrected chi connectivity index (χ0v) is 13.5. The van der Waals surface area contributed by atoms with Gasteiger partial charge in [-0.2, -0.15) is 0 Å². The molecule has 0 fully saturated rings. The van der Waals surface area contributed by atoms with Crippen LogP contribution in [0, 0.1) is 11.6 Å². The first-order valence-corrected chi connectivity index (χ1v) is 7.30. The molecule has 1 aromatic rings. The fourth-order valence-electron chi connectivity index (χ4n) is 2.07. The van der Waals surface area contributed by atoms with E-state index in [0.717, 1.165) is 12.1 Å². The minimum absolute atomic E-state index is 0.158. The molecule has 0 radical (unpaired) electrons. The topological polar surface area (TPSA) is 69.6 Å². The molecule has 1 aromatic carbocycles. The molecule has 0 aliphatic heterocycles. The lowest BCUT2D eigenvalue weighted by atomic mass is 10.1. The molecule has 0 heterocycles. The normalized spacial score (nSPS) is 11.2. The van der Waals surface area contributed by atoms with Crippen molar-refractivity contribution in [3.63, 3.8) is 0 Å². The van der Waals surface area contributed by atoms with Crippen LogP contribution in [0.3, 0.4) is 0 Å². The molecule has 0 spiro atoms. The summed E-state index contributed by atoms with van der Waals surface area (Å²) in [4.78, 5) is 25.0. The molecule has 128 valence electrons. The van der Waals surface area contributed by atoms with Crippen molar-refractivity contribution < 1.29 is 23.5 Å². The Morgan fingerprint density at radius 2 is 1.96 bits per heavy atom. The Hall–Kier alpha value is -2.02. The number of aliphatic hydroxyl groups is 1. The maximum Gasteiger partial charge on any atom is 0.254 e. The van der Waals surface area contributed by atoms with Gasteiger partial charge in [-0.1, -0.05) is 0 Å². The Labute approximate surface area is 134 Å². The van der Waals surface area contributed by atoms with Gasteiger partial charge in [0.1, 0.15) is 11.6 Å². The van der Waals surface area contributed by atoms with Crippen LogP contribution in [0.25, 0.3) is 0 Å². The van der Waals surface area contributed by atoms with Gasteiger partial charge in [-0.05, 0) is 32.4 Å². The third-order valence-electron chi connectivity index (χ3n) is 3.08. The Morgan fingerprint density at radius 3 is 2.52 bits per heavy atom. The van der Waals surface area contributed by atoms with Crippen LogP contribution in [0.4, 0.5) is 8.78 Å². The van der Waals surface area contributed by atoms with E-state index in [0.29, 0.717) is 12.5 Å². The Bertz CT molecular complexity index is 571. The maximum absolute atomic E-state index is 13.4. The summed E-state index contributed by atoms with van der Waals surface area (Å²) in [6.07, 6.45) is 0.572. The SMILES string of the molecule is CN(CC(C)(C)O)C(=O)CCCNC(=O)c1ccc(F)cc1F. The number of hydrogen-bond acceptors (Lipinski definition) is 3. The summed E-state index contributed by atoms with van der Waals surface area (Å²) in [5.74, 6) is -2.49. The molecule has 23 heavy (non-hydrogen) atoms. The van der Waals surface area contributed by atoms with Crippen LogP contribution in [-0.4, -0.2) is 47.6 Å². The quantitative estimate of drug-likeness (QED) is 0.749. The van der Waals surface area contributed by atoms with Gasteiger partial charge in [-0.3, -0.25) is 9.59 Å². The number of carbonyl (C=O) groups excluding carboxylic acids is 2. The van der Waals surface area contributed by atoms with Crippen molar-refractivity contribution >= 4 is 11.8 Å². The van der Waals surface area contributed by atoms with Gasteiger partial charge in [-0.25, -0.2) is 8.78 Å². The number of benzene rings is 1. The lowest BCUT2D eigenvalue weighted by Crippen LogP contribution is -2.39. The molecular formula is C16H22F2N2O3. The lowest BCUT2D eigenvalue weighted by molar-refractivity contribution is -0.132. The van der Waals surface area contributed by atoms with Gasteiger partial charge in [-0.15, -0.1) is 0 Å². The summed E-state index contributed by atoms with van der Waals surface area (Å²) in [5.41, 5.74) is -1.21. The fourth-order valence-corrected chi connectivity index (χ4v) is 2.07. The molecule has 2 N–H and O–H groups in total. The van der Waals surface area contributed by atoms with Crippen LogP contribution < -0.4 is 5.32 Å². The third kappa shape index (κ3) is 6.73. The molecule has 0 aliphatic carbocycles. The number of nitrogens with zero attached hydrogens (tertiary/aromatic N) is 1. The van der Waals surface area contributed by atoms with Crippen LogP contribution in [0.1, 0.15) is 37.0 Å². The van der Waals surface area contributed by atoms with E-state index in [1.165, 1.54) is 4.90 Å². The maximum atomic E-state index is 13.4. The highest BCUT2D eigenvalue weighted by atomic mass is 19.1. The van der Waals surface area contributed by atoms with Crippen molar-refractivity contribution in [3.05, 3.63) is 35.4 Å². The smallest absolute Gasteiger partial charge is 0.254 e. The molecule has 0 bridgehead atoms. The van der Waals surface area contributed by atoms with Gasteiger partial charge in [0.15, 0.2) is 0 Å². The van der Waals surface area contributed by atoms with Crippen molar-refractivity contribution in [1.82, 2.24) is 10.2 Å². The van der Waals surface area contributed by atoms with Crippen LogP contribution in [0.5, 0.6) is 0 Å². The Morgan fingerprint density at radius 1 is 1.30 bits per heavy atom. The number of hydrogen-bond donors (Lipinski definition) is 2. The minimum atomic E-state index is -0.973. The predicted octanol–water partition coefficient (Wildman–Crippen LogP) is 1.70. The highest BCUT2D eigenvalue weighted by Gasteiger charge is 2.19. The van der Waals surface area contributed by atoms with E-state index in [9.17, 15) is 23.5 Å². The standard InChI is InChI=1S/C16H22F2N2O3/c1-16(2,23)10-20(3)14(21)5-4-8-19-15(22)12-7-6-11(17)9-13(12)18/h6-7,9,23H,4-5,8,10H2,1-3H3,(H,19,22). The molecule has 1 rings (SSSR count). The summed E-state index contributed by atoms with van der Waals surface area (Å²) in [5, 5.41) is 12.1. The number of amides is 2. The molecule has 2 amide bonds. The number of rotatable bonds is 7. The van der Waals surface area contributed by atoms with E-state index in [2.05, 4.69) is 5.32 Å². The number of carbonyl (C=O) groups is 2. The zero-order valence-electron chi connectivity index (χ0n) is 13.5. The summed E-state index contributed by atoms with van der Waals surface area (Å²) < 4.78 is 26.2. The van der Waals surface area contributed by atoms with Crippen LogP contribution in [-0.2, 0) is 4.79 Å². The van der Waals surface area contributed by atoms with Crippen LogP contribution in [0.15, 0.2) is 18.2 Å². The third-order valence-corrected chi connectivity index (χ3v) is 3.08. The monoisotopic (exact) mass is 328 g/mol. The summed E-state index contributed by atoms with van der Waals surface area (Å²) in [6.45, 7) is 3.61. The first-order valence-electron chi connectivity index (χ1n) is 7.30. The van der Waals surface area contributed by atoms with E-state index in [1.807, 2.05) is 0 Å². The van der Waals surface area contributed by atoms with Gasteiger partial charge < -0.3 is 15.3 Å². The second kappa shape index (κ2) is 8.01. The van der Waals surface area contributed by atoms with Crippen molar-refractivity contribution in [2.75, 3.05) is 20.1 Å². The zero-order chi connectivity index (χ0) is 17.6. The molecule has 0 aromatic heterocycles. The lowest BCUT2D eigenvalue weighted by Gasteiger charge is -2.25. The van der Waals surface area contributed by atoms with Crippen LogP contribution in [0.2, 0.25) is 0 Å². The van der Waals surface area contributed by atoms with Gasteiger partial charge >= 0.3 is 0 Å². The number of halogens is 2.